The number of nitrogens with one attached hydrogen (secondary N) is 6. The maximum Gasteiger partial charge on any atom is 0.326 e. The van der Waals surface area contributed by atoms with Crippen LogP contribution in [0.2, 0.25) is 0 Å². The number of phenolic OH excluding ortho intramolecular Hbond substituents is 1. The first kappa shape index (κ1) is 52.4. The van der Waals surface area contributed by atoms with Crippen LogP contribution < -0.4 is 55.3 Å². The van der Waals surface area contributed by atoms with E-state index in [9.17, 15) is 43.8 Å². The van der Waals surface area contributed by atoms with Gasteiger partial charge < -0.3 is 75.3 Å². The van der Waals surface area contributed by atoms with Crippen molar-refractivity contribution in [3.8, 4) is 5.75 Å². The van der Waals surface area contributed by atoms with E-state index < -0.39 is 83.7 Å². The zero-order valence-electron chi connectivity index (χ0n) is 37.0. The van der Waals surface area contributed by atoms with Crippen LogP contribution in [0, 0.1) is 5.92 Å². The van der Waals surface area contributed by atoms with Gasteiger partial charge in [-0.1, -0.05) is 32.4 Å². The third-order valence-corrected chi connectivity index (χ3v) is 10.9. The highest BCUT2D eigenvalue weighted by molar-refractivity contribution is 5.97. The topological polar surface area (TPSA) is 407 Å². The fourth-order valence-electron chi connectivity index (χ4n) is 6.93. The molecule has 0 spiro atoms. The minimum absolute atomic E-state index is 0.000758. The van der Waals surface area contributed by atoms with Crippen molar-refractivity contribution in [1.29, 1.82) is 0 Å². The Kier molecular flexibility index (Phi) is 20.9. The fourth-order valence-corrected chi connectivity index (χ4v) is 6.93. The number of amides is 6. The molecule has 24 nitrogen and oxygen atoms in total. The Morgan fingerprint density at radius 1 is 0.800 bits per heavy atom. The summed E-state index contributed by atoms with van der Waals surface area (Å²) in [5.41, 5.74) is 29.0. The number of nitrogens with two attached hydrogens (primary N) is 5. The number of carbonyl (C=O) groups excluding carboxylic acids is 6. The molecule has 6 amide bonds. The van der Waals surface area contributed by atoms with Gasteiger partial charge in [0.15, 0.2) is 11.9 Å². The van der Waals surface area contributed by atoms with Crippen LogP contribution in [0.1, 0.15) is 77.0 Å². The van der Waals surface area contributed by atoms with Gasteiger partial charge >= 0.3 is 5.97 Å². The number of imidazole rings is 1. The summed E-state index contributed by atoms with van der Waals surface area (Å²) in [6.45, 7) is 5.39. The maximum absolute atomic E-state index is 14.4. The molecule has 1 fully saturated rings. The van der Waals surface area contributed by atoms with E-state index in [0.29, 0.717) is 24.1 Å². The minimum Gasteiger partial charge on any atom is -0.508 e. The number of guanidine groups is 2. The molecular formula is C41H65N15O9. The predicted octanol–water partition coefficient (Wildman–Crippen LogP) is -3.10. The van der Waals surface area contributed by atoms with Crippen molar-refractivity contribution >= 4 is 53.3 Å². The maximum atomic E-state index is 14.4. The summed E-state index contributed by atoms with van der Waals surface area (Å²) in [5, 5.41) is 32.7. The Morgan fingerprint density at radius 3 is 1.89 bits per heavy atom. The van der Waals surface area contributed by atoms with Gasteiger partial charge in [0.2, 0.25) is 35.4 Å². The van der Waals surface area contributed by atoms with Crippen molar-refractivity contribution in [3.05, 3.63) is 48.0 Å². The van der Waals surface area contributed by atoms with Crippen molar-refractivity contribution in [2.24, 2.45) is 44.6 Å². The van der Waals surface area contributed by atoms with Gasteiger partial charge in [-0.05, 0) is 69.1 Å². The standard InChI is InChI=1S/C41H65N15O9/c1-4-22(2)32(42)37(62)51-23(3)33(58)52-27(8-5-15-48-40(43)44)34(59)53-28(9-6-16-49-41(45)46)35(60)54-29(19-25-20-47-21-50-25)38(63)56-17-7-10-31(56)36(61)55-30(39(64)65)18-24-11-13-26(57)14-12-24/h11-14,20-23,27-32,57H,4-10,15-19,42H2,1-3H3,(H,47,50)(H,51,62)(H,52,58)(H,53,59)(H,54,60)(H,55,61)(H,64,65)(H4,43,44,48)(H4,45,46,49)/t22-,23-,27-,28-,29-,30-,31-,32-/m0/s1. The highest BCUT2D eigenvalue weighted by Gasteiger charge is 2.40. The molecule has 1 aliphatic heterocycles. The third kappa shape index (κ3) is 17.3. The number of rotatable bonds is 26. The zero-order valence-corrected chi connectivity index (χ0v) is 37.0. The number of likely N-dealkylation sites (tertiary alicyclic amines) is 1. The number of aromatic nitrogens is 2. The van der Waals surface area contributed by atoms with Gasteiger partial charge in [-0.3, -0.25) is 38.8 Å². The Morgan fingerprint density at radius 2 is 1.37 bits per heavy atom. The largest absolute Gasteiger partial charge is 0.508 e. The Balaban J connectivity index is 1.87. The third-order valence-electron chi connectivity index (χ3n) is 10.9. The van der Waals surface area contributed by atoms with E-state index in [4.69, 9.17) is 28.7 Å². The van der Waals surface area contributed by atoms with Crippen molar-refractivity contribution in [3.63, 3.8) is 0 Å². The molecule has 0 aliphatic carbocycles. The molecule has 1 aliphatic rings. The fraction of sp³-hybridized carbons (Fsp3) is 0.561. The van der Waals surface area contributed by atoms with E-state index in [-0.39, 0.29) is 88.2 Å². The van der Waals surface area contributed by atoms with Crippen LogP contribution in [0.5, 0.6) is 5.75 Å². The summed E-state index contributed by atoms with van der Waals surface area (Å²) in [5.74, 6) is -6.09. The first-order chi connectivity index (χ1) is 30.8. The second-order valence-corrected chi connectivity index (χ2v) is 16.0. The summed E-state index contributed by atoms with van der Waals surface area (Å²) in [7, 11) is 0. The summed E-state index contributed by atoms with van der Waals surface area (Å²) < 4.78 is 0. The van der Waals surface area contributed by atoms with Crippen LogP contribution in [-0.4, -0.2) is 140 Å². The van der Waals surface area contributed by atoms with Crippen LogP contribution >= 0.6 is 0 Å². The first-order valence-electron chi connectivity index (χ1n) is 21.5. The highest BCUT2D eigenvalue weighted by Crippen LogP contribution is 2.21. The summed E-state index contributed by atoms with van der Waals surface area (Å²) in [6, 6.07) is -2.48. The van der Waals surface area contributed by atoms with Crippen LogP contribution in [0.25, 0.3) is 0 Å². The average molecular weight is 912 g/mol. The van der Waals surface area contributed by atoms with Crippen molar-refractivity contribution < 1.29 is 43.8 Å². The molecule has 0 radical (unpaired) electrons. The molecule has 1 aromatic heterocycles. The number of H-pyrrole nitrogens is 1. The van der Waals surface area contributed by atoms with Crippen LogP contribution in [0.15, 0.2) is 46.8 Å². The van der Waals surface area contributed by atoms with Gasteiger partial charge in [-0.2, -0.15) is 0 Å². The average Bonchev–Trinajstić information content (AvgIpc) is 3.98. The molecule has 8 atom stereocenters. The van der Waals surface area contributed by atoms with E-state index in [1.54, 1.807) is 6.92 Å². The van der Waals surface area contributed by atoms with Gasteiger partial charge in [0.1, 0.15) is 42.0 Å². The number of phenols is 1. The molecule has 18 N–H and O–H groups in total. The lowest BCUT2D eigenvalue weighted by atomic mass is 9.99. The molecule has 2 aromatic rings. The summed E-state index contributed by atoms with van der Waals surface area (Å²) in [6.07, 6.45) is 4.21. The van der Waals surface area contributed by atoms with Gasteiger partial charge in [-0.25, -0.2) is 9.78 Å². The quantitative estimate of drug-likeness (QED) is 0.0253. The molecule has 1 aromatic carbocycles. The molecule has 358 valence electrons. The molecule has 0 bridgehead atoms. The monoisotopic (exact) mass is 912 g/mol. The van der Waals surface area contributed by atoms with Crippen LogP contribution in [0.3, 0.4) is 0 Å². The number of aliphatic carboxylic acids is 1. The van der Waals surface area contributed by atoms with Crippen molar-refractivity contribution in [1.82, 2.24) is 41.5 Å². The number of carbonyl (C=O) groups is 7. The summed E-state index contributed by atoms with van der Waals surface area (Å²) >= 11 is 0. The second-order valence-electron chi connectivity index (χ2n) is 16.0. The number of hydrogen-bond donors (Lipinski definition) is 13. The van der Waals surface area contributed by atoms with Gasteiger partial charge in [0.25, 0.3) is 0 Å². The Hall–Kier alpha value is -6.98. The van der Waals surface area contributed by atoms with E-state index in [0.717, 1.165) is 0 Å². The number of nitrogens with zero attached hydrogens (tertiary/aromatic N) is 4. The molecule has 1 saturated heterocycles. The van der Waals surface area contributed by atoms with E-state index >= 15 is 0 Å². The SMILES string of the molecule is CC[C@H](C)[C@H](N)C(=O)N[C@@H](C)C(=O)N[C@@H](CCCN=C(N)N)C(=O)N[C@@H](CCCN=C(N)N)C(=O)N[C@@H](Cc1cnc[nH]1)C(=O)N1CCC[C@H]1C(=O)N[C@@H](Cc1ccc(O)cc1)C(=O)O. The molecular weight excluding hydrogens is 847 g/mol. The Bertz CT molecular complexity index is 1970. The lowest BCUT2D eigenvalue weighted by Crippen LogP contribution is -2.60. The normalized spacial score (nSPS) is 16.6. The van der Waals surface area contributed by atoms with Crippen molar-refractivity contribution in [2.75, 3.05) is 19.6 Å². The second kappa shape index (κ2) is 26.0. The number of benzene rings is 1. The van der Waals surface area contributed by atoms with Gasteiger partial charge in [0, 0.05) is 44.4 Å². The minimum atomic E-state index is -1.36. The van der Waals surface area contributed by atoms with E-state index in [2.05, 4.69) is 46.5 Å². The Labute approximate surface area is 376 Å². The number of aromatic amines is 1. The number of aliphatic imine (C=N–C) groups is 2. The number of aromatic hydroxyl groups is 1. The smallest absolute Gasteiger partial charge is 0.326 e. The number of carboxylic acids is 1. The van der Waals surface area contributed by atoms with Crippen molar-refractivity contribution in [2.45, 2.75) is 121 Å². The van der Waals surface area contributed by atoms with Crippen LogP contribution in [-0.2, 0) is 46.4 Å². The highest BCUT2D eigenvalue weighted by atomic mass is 16.4. The number of carboxylic acid groups (broad SMARTS) is 1. The van der Waals surface area contributed by atoms with Gasteiger partial charge in [0.05, 0.1) is 12.4 Å². The van der Waals surface area contributed by atoms with E-state index in [1.807, 2.05) is 6.92 Å². The van der Waals surface area contributed by atoms with Gasteiger partial charge in [-0.15, -0.1) is 0 Å². The molecule has 3 rings (SSSR count). The van der Waals surface area contributed by atoms with Crippen LogP contribution in [0.4, 0.5) is 0 Å². The lowest BCUT2D eigenvalue weighted by molar-refractivity contribution is -0.145. The number of hydrogen-bond acceptors (Lipinski definition) is 12. The molecule has 2 heterocycles. The molecule has 65 heavy (non-hydrogen) atoms. The molecule has 0 unspecified atom stereocenters. The van der Waals surface area contributed by atoms with E-state index in [1.165, 1.54) is 48.6 Å². The predicted molar refractivity (Wildman–Crippen MR) is 239 cm³/mol. The molecule has 24 heteroatoms. The molecule has 0 saturated carbocycles. The summed E-state index contributed by atoms with van der Waals surface area (Å²) in [4.78, 5) is 111. The lowest BCUT2D eigenvalue weighted by Gasteiger charge is -2.30. The zero-order chi connectivity index (χ0) is 48.2. The first-order valence-corrected chi connectivity index (χ1v) is 21.5.